The van der Waals surface area contributed by atoms with E-state index in [4.69, 9.17) is 10.5 Å². The van der Waals surface area contributed by atoms with E-state index in [0.29, 0.717) is 5.16 Å². The Labute approximate surface area is 143 Å². The fraction of sp³-hybridized carbons (Fsp3) is 0.294. The Morgan fingerprint density at radius 2 is 2.21 bits per heavy atom. The molecule has 0 amide bonds. The molecular weight excluding hydrogens is 326 g/mol. The minimum absolute atomic E-state index is 0.0645. The molecule has 7 heteroatoms. The number of anilines is 1. The average molecular weight is 343 g/mol. The van der Waals surface area contributed by atoms with Gasteiger partial charge in [-0.15, -0.1) is 0 Å². The highest BCUT2D eigenvalue weighted by Gasteiger charge is 2.29. The predicted molar refractivity (Wildman–Crippen MR) is 91.1 cm³/mol. The van der Waals surface area contributed by atoms with Crippen LogP contribution in [0.1, 0.15) is 39.6 Å². The van der Waals surface area contributed by atoms with Crippen LogP contribution in [0.3, 0.4) is 0 Å². The smallest absolute Gasteiger partial charge is 0.343 e. The summed E-state index contributed by atoms with van der Waals surface area (Å²) in [4.78, 5) is 32.6. The number of benzene rings is 1. The molecule has 124 valence electrons. The SMILES string of the molecule is CCOC(=O)c1cnc(S[C@H]2CCc3ccccc3C2=O)nc1N. The van der Waals surface area contributed by atoms with Gasteiger partial charge in [0.2, 0.25) is 0 Å². The molecule has 24 heavy (non-hydrogen) atoms. The zero-order chi connectivity index (χ0) is 17.1. The Hall–Kier alpha value is -2.41. The number of thioether (sulfide) groups is 1. The Morgan fingerprint density at radius 3 is 2.96 bits per heavy atom. The minimum atomic E-state index is -0.547. The third-order valence-electron chi connectivity index (χ3n) is 3.79. The van der Waals surface area contributed by atoms with Gasteiger partial charge in [0.25, 0.3) is 0 Å². The van der Waals surface area contributed by atoms with Crippen LogP contribution in [-0.4, -0.2) is 33.6 Å². The number of aromatic nitrogens is 2. The number of hydrogen-bond donors (Lipinski definition) is 1. The van der Waals surface area contributed by atoms with Gasteiger partial charge in [-0.2, -0.15) is 0 Å². The van der Waals surface area contributed by atoms with Gasteiger partial charge in [0, 0.05) is 11.8 Å². The van der Waals surface area contributed by atoms with E-state index in [9.17, 15) is 9.59 Å². The number of nitrogens with two attached hydrogens (primary N) is 1. The Balaban J connectivity index is 1.76. The molecule has 1 aliphatic carbocycles. The number of nitrogen functional groups attached to an aromatic ring is 1. The Bertz CT molecular complexity index is 794. The monoisotopic (exact) mass is 343 g/mol. The third-order valence-corrected chi connectivity index (χ3v) is 4.93. The highest BCUT2D eigenvalue weighted by molar-refractivity contribution is 8.00. The number of rotatable bonds is 4. The highest BCUT2D eigenvalue weighted by atomic mass is 32.2. The number of ketones is 1. The highest BCUT2D eigenvalue weighted by Crippen LogP contribution is 2.32. The third kappa shape index (κ3) is 3.26. The summed E-state index contributed by atoms with van der Waals surface area (Å²) in [5.74, 6) is -0.401. The van der Waals surface area contributed by atoms with E-state index in [-0.39, 0.29) is 29.0 Å². The lowest BCUT2D eigenvalue weighted by Crippen LogP contribution is -2.25. The van der Waals surface area contributed by atoms with Gasteiger partial charge in [0.1, 0.15) is 11.4 Å². The van der Waals surface area contributed by atoms with Crippen molar-refractivity contribution in [2.45, 2.75) is 30.2 Å². The first kappa shape index (κ1) is 16.4. The molecule has 0 aliphatic heterocycles. The first-order chi connectivity index (χ1) is 11.6. The van der Waals surface area contributed by atoms with Crippen LogP contribution >= 0.6 is 11.8 Å². The molecule has 2 aromatic rings. The molecule has 6 nitrogen and oxygen atoms in total. The molecule has 1 atom stereocenters. The Morgan fingerprint density at radius 1 is 1.42 bits per heavy atom. The maximum atomic E-state index is 12.6. The average Bonchev–Trinajstić information content (AvgIpc) is 2.58. The molecule has 0 spiro atoms. The zero-order valence-electron chi connectivity index (χ0n) is 13.2. The second-order valence-corrected chi connectivity index (χ2v) is 6.51. The molecule has 3 rings (SSSR count). The van der Waals surface area contributed by atoms with E-state index in [2.05, 4.69) is 9.97 Å². The molecule has 0 saturated heterocycles. The predicted octanol–water partition coefficient (Wildman–Crippen LogP) is 2.53. The summed E-state index contributed by atoms with van der Waals surface area (Å²) < 4.78 is 4.89. The van der Waals surface area contributed by atoms with Crippen LogP contribution < -0.4 is 5.73 Å². The maximum Gasteiger partial charge on any atom is 0.343 e. The van der Waals surface area contributed by atoms with Crippen molar-refractivity contribution in [3.05, 3.63) is 47.2 Å². The van der Waals surface area contributed by atoms with E-state index < -0.39 is 5.97 Å². The molecule has 0 fully saturated rings. The molecule has 1 aromatic carbocycles. The van der Waals surface area contributed by atoms with Gasteiger partial charge in [-0.3, -0.25) is 4.79 Å². The molecule has 1 aliphatic rings. The molecule has 0 unspecified atom stereocenters. The summed E-state index contributed by atoms with van der Waals surface area (Å²) >= 11 is 1.28. The number of Topliss-reactive ketones (excluding diaryl/α,β-unsaturated/α-hetero) is 1. The molecule has 0 radical (unpaired) electrons. The van der Waals surface area contributed by atoms with Crippen molar-refractivity contribution in [3.63, 3.8) is 0 Å². The largest absolute Gasteiger partial charge is 0.462 e. The van der Waals surface area contributed by atoms with Gasteiger partial charge in [0.15, 0.2) is 10.9 Å². The van der Waals surface area contributed by atoms with Gasteiger partial charge in [-0.25, -0.2) is 14.8 Å². The minimum Gasteiger partial charge on any atom is -0.462 e. The van der Waals surface area contributed by atoms with Crippen molar-refractivity contribution < 1.29 is 14.3 Å². The van der Waals surface area contributed by atoms with Crippen molar-refractivity contribution in [1.82, 2.24) is 9.97 Å². The van der Waals surface area contributed by atoms with Crippen LogP contribution in [0.15, 0.2) is 35.6 Å². The van der Waals surface area contributed by atoms with Crippen LogP contribution in [-0.2, 0) is 11.2 Å². The van der Waals surface area contributed by atoms with E-state index in [1.54, 1.807) is 6.92 Å². The standard InChI is InChI=1S/C17H17N3O3S/c1-2-23-16(22)12-9-19-17(20-15(12)18)24-13-8-7-10-5-3-4-6-11(10)14(13)21/h3-6,9,13H,2,7-8H2,1H3,(H2,18,19,20)/t13-/m0/s1. The normalized spacial score (nSPS) is 16.5. The molecular formula is C17H17N3O3S. The molecule has 1 heterocycles. The number of carbonyl (C=O) groups is 2. The fourth-order valence-corrected chi connectivity index (χ4v) is 3.60. The summed E-state index contributed by atoms with van der Waals surface area (Å²) in [5.41, 5.74) is 7.80. The summed E-state index contributed by atoms with van der Waals surface area (Å²) in [5, 5.41) is 0.144. The zero-order valence-corrected chi connectivity index (χ0v) is 14.0. The molecule has 0 bridgehead atoms. The van der Waals surface area contributed by atoms with E-state index >= 15 is 0 Å². The number of carbonyl (C=O) groups excluding carboxylic acids is 2. The summed E-state index contributed by atoms with van der Waals surface area (Å²) in [6.07, 6.45) is 2.92. The quantitative estimate of drug-likeness (QED) is 0.673. The van der Waals surface area contributed by atoms with Gasteiger partial charge in [-0.1, -0.05) is 36.0 Å². The number of nitrogens with zero attached hydrogens (tertiary/aromatic N) is 2. The van der Waals surface area contributed by atoms with Crippen LogP contribution in [0.2, 0.25) is 0 Å². The number of aryl methyl sites for hydroxylation is 1. The lowest BCUT2D eigenvalue weighted by Gasteiger charge is -2.22. The summed E-state index contributed by atoms with van der Waals surface area (Å²) in [6, 6.07) is 7.64. The van der Waals surface area contributed by atoms with Crippen molar-refractivity contribution in [2.75, 3.05) is 12.3 Å². The lowest BCUT2D eigenvalue weighted by molar-refractivity contribution is 0.0526. The summed E-state index contributed by atoms with van der Waals surface area (Å²) in [6.45, 7) is 1.97. The molecule has 0 saturated carbocycles. The Kier molecular flexibility index (Phi) is 4.80. The first-order valence-corrected chi connectivity index (χ1v) is 8.56. The molecule has 2 N–H and O–H groups in total. The first-order valence-electron chi connectivity index (χ1n) is 7.68. The molecule has 1 aromatic heterocycles. The van der Waals surface area contributed by atoms with Crippen molar-refractivity contribution in [1.29, 1.82) is 0 Å². The van der Waals surface area contributed by atoms with Crippen LogP contribution in [0, 0.1) is 0 Å². The van der Waals surface area contributed by atoms with Crippen LogP contribution in [0.5, 0.6) is 0 Å². The topological polar surface area (TPSA) is 95.2 Å². The van der Waals surface area contributed by atoms with Crippen LogP contribution in [0.4, 0.5) is 5.82 Å². The van der Waals surface area contributed by atoms with E-state index in [0.717, 1.165) is 24.0 Å². The van der Waals surface area contributed by atoms with Gasteiger partial charge >= 0.3 is 5.97 Å². The lowest BCUT2D eigenvalue weighted by atomic mass is 9.90. The number of ether oxygens (including phenoxy) is 1. The van der Waals surface area contributed by atoms with Crippen LogP contribution in [0.25, 0.3) is 0 Å². The maximum absolute atomic E-state index is 12.6. The van der Waals surface area contributed by atoms with E-state index in [1.165, 1.54) is 18.0 Å². The second-order valence-electron chi connectivity index (χ2n) is 5.34. The number of hydrogen-bond acceptors (Lipinski definition) is 7. The fourth-order valence-electron chi connectivity index (χ4n) is 2.61. The number of esters is 1. The van der Waals surface area contributed by atoms with Gasteiger partial charge < -0.3 is 10.5 Å². The van der Waals surface area contributed by atoms with Gasteiger partial charge in [0.05, 0.1) is 11.9 Å². The van der Waals surface area contributed by atoms with Crippen molar-refractivity contribution >= 4 is 29.3 Å². The van der Waals surface area contributed by atoms with Gasteiger partial charge in [-0.05, 0) is 25.3 Å². The van der Waals surface area contributed by atoms with E-state index in [1.807, 2.05) is 24.3 Å². The van der Waals surface area contributed by atoms with Crippen molar-refractivity contribution in [3.8, 4) is 0 Å². The van der Waals surface area contributed by atoms with Crippen molar-refractivity contribution in [2.24, 2.45) is 0 Å². The summed E-state index contributed by atoms with van der Waals surface area (Å²) in [7, 11) is 0. The number of fused-ring (bicyclic) bond motifs is 1. The second kappa shape index (κ2) is 7.00.